The van der Waals surface area contributed by atoms with Gasteiger partial charge in [0.25, 0.3) is 0 Å². The van der Waals surface area contributed by atoms with Crippen molar-refractivity contribution in [2.24, 2.45) is 11.1 Å². The summed E-state index contributed by atoms with van der Waals surface area (Å²) in [6, 6.07) is 0.192. The van der Waals surface area contributed by atoms with E-state index in [-0.39, 0.29) is 11.5 Å². The van der Waals surface area contributed by atoms with Crippen molar-refractivity contribution >= 4 is 6.41 Å². The molecule has 0 heterocycles. The highest BCUT2D eigenvalue weighted by atomic mass is 16.1. The average molecular weight is 172 g/mol. The van der Waals surface area contributed by atoms with Crippen LogP contribution in [0.3, 0.4) is 0 Å². The van der Waals surface area contributed by atoms with E-state index < -0.39 is 0 Å². The summed E-state index contributed by atoms with van der Waals surface area (Å²) in [6.45, 7) is 7.18. The first-order chi connectivity index (χ1) is 5.45. The van der Waals surface area contributed by atoms with Gasteiger partial charge in [0.05, 0.1) is 0 Å². The first kappa shape index (κ1) is 11.4. The Morgan fingerprint density at radius 1 is 1.50 bits per heavy atom. The van der Waals surface area contributed by atoms with Gasteiger partial charge in [-0.1, -0.05) is 20.8 Å². The number of hydrogen-bond donors (Lipinski definition) is 2. The number of nitrogens with two attached hydrogens (primary N) is 1. The molecule has 0 spiro atoms. The first-order valence-corrected chi connectivity index (χ1v) is 4.38. The summed E-state index contributed by atoms with van der Waals surface area (Å²) in [5, 5.41) is 2.60. The Bertz CT molecular complexity index is 129. The van der Waals surface area contributed by atoms with Gasteiger partial charge in [-0.15, -0.1) is 0 Å². The SMILES string of the molecule is CC(C)(C)C[C@H](N)CCNC=O. The molecule has 1 amide bonds. The summed E-state index contributed by atoms with van der Waals surface area (Å²) in [6.07, 6.45) is 2.56. The van der Waals surface area contributed by atoms with E-state index in [0.29, 0.717) is 13.0 Å². The molecule has 12 heavy (non-hydrogen) atoms. The van der Waals surface area contributed by atoms with E-state index in [1.54, 1.807) is 0 Å². The van der Waals surface area contributed by atoms with E-state index in [1.807, 2.05) is 0 Å². The number of hydrogen-bond acceptors (Lipinski definition) is 2. The van der Waals surface area contributed by atoms with Crippen LogP contribution in [0.5, 0.6) is 0 Å². The molecular weight excluding hydrogens is 152 g/mol. The van der Waals surface area contributed by atoms with Gasteiger partial charge in [0.2, 0.25) is 6.41 Å². The smallest absolute Gasteiger partial charge is 0.207 e. The lowest BCUT2D eigenvalue weighted by atomic mass is 9.87. The monoisotopic (exact) mass is 172 g/mol. The van der Waals surface area contributed by atoms with Gasteiger partial charge in [0.15, 0.2) is 0 Å². The summed E-state index contributed by atoms with van der Waals surface area (Å²) in [5.74, 6) is 0. The number of rotatable bonds is 5. The van der Waals surface area contributed by atoms with E-state index in [9.17, 15) is 4.79 Å². The van der Waals surface area contributed by atoms with Crippen LogP contribution < -0.4 is 11.1 Å². The first-order valence-electron chi connectivity index (χ1n) is 4.38. The molecule has 0 radical (unpaired) electrons. The van der Waals surface area contributed by atoms with Crippen molar-refractivity contribution in [3.63, 3.8) is 0 Å². The minimum absolute atomic E-state index is 0.192. The lowest BCUT2D eigenvalue weighted by molar-refractivity contribution is -0.109. The van der Waals surface area contributed by atoms with Crippen LogP contribution in [0.15, 0.2) is 0 Å². The van der Waals surface area contributed by atoms with Crippen molar-refractivity contribution in [3.05, 3.63) is 0 Å². The maximum absolute atomic E-state index is 9.92. The zero-order valence-corrected chi connectivity index (χ0v) is 8.26. The Morgan fingerprint density at radius 3 is 2.50 bits per heavy atom. The number of carbonyl (C=O) groups excluding carboxylic acids is 1. The number of carbonyl (C=O) groups is 1. The summed E-state index contributed by atoms with van der Waals surface area (Å²) < 4.78 is 0. The highest BCUT2D eigenvalue weighted by molar-refractivity contribution is 5.45. The fourth-order valence-corrected chi connectivity index (χ4v) is 1.22. The molecule has 3 N–H and O–H groups in total. The lowest BCUT2D eigenvalue weighted by Crippen LogP contribution is -2.30. The van der Waals surface area contributed by atoms with Crippen LogP contribution in [0, 0.1) is 5.41 Å². The Hall–Kier alpha value is -0.570. The molecule has 0 saturated carbocycles. The van der Waals surface area contributed by atoms with E-state index in [4.69, 9.17) is 5.73 Å². The molecular formula is C9H20N2O. The summed E-state index contributed by atoms with van der Waals surface area (Å²) in [4.78, 5) is 9.92. The second kappa shape index (κ2) is 5.14. The molecule has 0 aromatic carbocycles. The molecule has 0 saturated heterocycles. The van der Waals surface area contributed by atoms with Gasteiger partial charge >= 0.3 is 0 Å². The van der Waals surface area contributed by atoms with E-state index >= 15 is 0 Å². The third-order valence-corrected chi connectivity index (χ3v) is 1.62. The molecule has 0 fully saturated rings. The highest BCUT2D eigenvalue weighted by Gasteiger charge is 2.14. The van der Waals surface area contributed by atoms with Crippen LogP contribution in [0.25, 0.3) is 0 Å². The quantitative estimate of drug-likeness (QED) is 0.478. The van der Waals surface area contributed by atoms with Crippen LogP contribution >= 0.6 is 0 Å². The second-order valence-corrected chi connectivity index (χ2v) is 4.39. The molecule has 0 bridgehead atoms. The fourth-order valence-electron chi connectivity index (χ4n) is 1.22. The average Bonchev–Trinajstić information content (AvgIpc) is 1.84. The molecule has 1 atom stereocenters. The molecule has 0 aromatic rings. The summed E-state index contributed by atoms with van der Waals surface area (Å²) >= 11 is 0. The van der Waals surface area contributed by atoms with Gasteiger partial charge in [-0.2, -0.15) is 0 Å². The molecule has 0 unspecified atom stereocenters. The molecule has 0 aromatic heterocycles. The van der Waals surface area contributed by atoms with E-state index in [0.717, 1.165) is 12.8 Å². The molecule has 0 aliphatic carbocycles. The normalized spacial score (nSPS) is 14.0. The van der Waals surface area contributed by atoms with Crippen LogP contribution in [0.4, 0.5) is 0 Å². The molecule has 3 heteroatoms. The van der Waals surface area contributed by atoms with Crippen molar-refractivity contribution in [2.75, 3.05) is 6.54 Å². The molecule has 3 nitrogen and oxygen atoms in total. The predicted molar refractivity (Wildman–Crippen MR) is 50.7 cm³/mol. The minimum atomic E-state index is 0.192. The van der Waals surface area contributed by atoms with E-state index in [2.05, 4.69) is 26.1 Å². The van der Waals surface area contributed by atoms with Crippen molar-refractivity contribution in [1.29, 1.82) is 0 Å². The van der Waals surface area contributed by atoms with Crippen molar-refractivity contribution in [3.8, 4) is 0 Å². The molecule has 0 aliphatic heterocycles. The van der Waals surface area contributed by atoms with Crippen LogP contribution in [-0.4, -0.2) is 19.0 Å². The zero-order chi connectivity index (χ0) is 9.61. The third-order valence-electron chi connectivity index (χ3n) is 1.62. The molecule has 0 rings (SSSR count). The summed E-state index contributed by atoms with van der Waals surface area (Å²) in [5.41, 5.74) is 6.12. The van der Waals surface area contributed by atoms with Crippen LogP contribution in [-0.2, 0) is 4.79 Å². The van der Waals surface area contributed by atoms with Crippen LogP contribution in [0.2, 0.25) is 0 Å². The number of amides is 1. The maximum atomic E-state index is 9.92. The topological polar surface area (TPSA) is 55.1 Å². The number of nitrogens with one attached hydrogen (secondary N) is 1. The van der Waals surface area contributed by atoms with Gasteiger partial charge in [0.1, 0.15) is 0 Å². The van der Waals surface area contributed by atoms with Crippen molar-refractivity contribution < 1.29 is 4.79 Å². The maximum Gasteiger partial charge on any atom is 0.207 e. The van der Waals surface area contributed by atoms with Crippen molar-refractivity contribution in [1.82, 2.24) is 5.32 Å². The predicted octanol–water partition coefficient (Wildman–Crippen LogP) is 0.886. The Kier molecular flexibility index (Phi) is 4.90. The van der Waals surface area contributed by atoms with Gasteiger partial charge in [-0.05, 0) is 18.3 Å². The molecule has 0 aliphatic rings. The Labute approximate surface area is 74.7 Å². The van der Waals surface area contributed by atoms with Gasteiger partial charge in [-0.3, -0.25) is 4.79 Å². The Balaban J connectivity index is 3.46. The highest BCUT2D eigenvalue weighted by Crippen LogP contribution is 2.20. The standard InChI is InChI=1S/C9H20N2O/c1-9(2,3)6-8(10)4-5-11-7-12/h7-8H,4-6,10H2,1-3H3,(H,11,12)/t8-/m1/s1. The van der Waals surface area contributed by atoms with Gasteiger partial charge < -0.3 is 11.1 Å². The Morgan fingerprint density at radius 2 is 2.08 bits per heavy atom. The fraction of sp³-hybridized carbons (Fsp3) is 0.889. The molecule has 72 valence electrons. The zero-order valence-electron chi connectivity index (χ0n) is 8.26. The van der Waals surface area contributed by atoms with Gasteiger partial charge in [0, 0.05) is 12.6 Å². The van der Waals surface area contributed by atoms with Gasteiger partial charge in [-0.25, -0.2) is 0 Å². The third kappa shape index (κ3) is 7.54. The van der Waals surface area contributed by atoms with Crippen molar-refractivity contribution in [2.45, 2.75) is 39.7 Å². The largest absolute Gasteiger partial charge is 0.359 e. The van der Waals surface area contributed by atoms with E-state index in [1.165, 1.54) is 0 Å². The second-order valence-electron chi connectivity index (χ2n) is 4.39. The summed E-state index contributed by atoms with van der Waals surface area (Å²) in [7, 11) is 0. The van der Waals surface area contributed by atoms with Crippen LogP contribution in [0.1, 0.15) is 33.6 Å². The lowest BCUT2D eigenvalue weighted by Gasteiger charge is -2.22. The minimum Gasteiger partial charge on any atom is -0.359 e.